The number of rotatable bonds is 4. The molecule has 2 aromatic rings. The summed E-state index contributed by atoms with van der Waals surface area (Å²) in [5.41, 5.74) is 4.53. The number of fused-ring (bicyclic) bond motifs is 3. The number of hydrogen-bond donors (Lipinski definition) is 4. The van der Waals surface area contributed by atoms with Gasteiger partial charge in [0.15, 0.2) is 0 Å². The van der Waals surface area contributed by atoms with Crippen LogP contribution in [0.3, 0.4) is 0 Å². The lowest BCUT2D eigenvalue weighted by atomic mass is 9.98. The highest BCUT2D eigenvalue weighted by Gasteiger charge is 2.29. The minimum absolute atomic E-state index is 0.0340. The number of benzene rings is 2. The molecule has 9 heteroatoms. The molecule has 0 bridgehead atoms. The van der Waals surface area contributed by atoms with Crippen LogP contribution in [0.4, 0.5) is 4.79 Å². The highest BCUT2D eigenvalue weighted by Crippen LogP contribution is 2.44. The van der Waals surface area contributed by atoms with Crippen molar-refractivity contribution < 1.29 is 34.1 Å². The van der Waals surface area contributed by atoms with Gasteiger partial charge in [0, 0.05) is 5.92 Å². The van der Waals surface area contributed by atoms with E-state index in [1.165, 1.54) is 6.92 Å². The lowest BCUT2D eigenvalue weighted by molar-refractivity contribution is -0.138. The molecule has 1 heterocycles. The summed E-state index contributed by atoms with van der Waals surface area (Å²) in [5, 5.41) is 21.6. The third-order valence-electron chi connectivity index (χ3n) is 4.99. The largest absolute Gasteiger partial charge is 0.480 e. The van der Waals surface area contributed by atoms with Crippen molar-refractivity contribution in [2.45, 2.75) is 31.4 Å². The van der Waals surface area contributed by atoms with Crippen LogP contribution >= 0.6 is 0 Å². The van der Waals surface area contributed by atoms with Gasteiger partial charge in [0.05, 0.1) is 6.42 Å². The first kappa shape index (κ1) is 22.0. The molecule has 3 amide bonds. The number of imide groups is 1. The number of carbonyl (C=O) groups excluding carboxylic acids is 3. The Morgan fingerprint density at radius 1 is 1.10 bits per heavy atom. The molecule has 31 heavy (non-hydrogen) atoms. The van der Waals surface area contributed by atoms with Crippen molar-refractivity contribution in [3.05, 3.63) is 59.7 Å². The van der Waals surface area contributed by atoms with E-state index in [0.29, 0.717) is 0 Å². The number of alkyl carbamates (subject to hydrolysis) is 1. The molecule has 162 valence electrons. The number of ether oxygens (including phenoxy) is 1. The second kappa shape index (κ2) is 9.40. The zero-order chi connectivity index (χ0) is 22.5. The number of amides is 3. The van der Waals surface area contributed by atoms with Gasteiger partial charge in [-0.1, -0.05) is 48.5 Å². The molecule has 1 saturated heterocycles. The van der Waals surface area contributed by atoms with Gasteiger partial charge < -0.3 is 20.3 Å². The first-order valence-electron chi connectivity index (χ1n) is 9.64. The predicted octanol–water partition coefficient (Wildman–Crippen LogP) is 1.39. The van der Waals surface area contributed by atoms with Crippen LogP contribution in [0.25, 0.3) is 11.1 Å². The quantitative estimate of drug-likeness (QED) is 0.541. The van der Waals surface area contributed by atoms with E-state index >= 15 is 0 Å². The molecule has 2 aromatic carbocycles. The Kier molecular flexibility index (Phi) is 6.66. The van der Waals surface area contributed by atoms with Gasteiger partial charge in [0.1, 0.15) is 18.8 Å². The fourth-order valence-corrected chi connectivity index (χ4v) is 3.42. The Labute approximate surface area is 178 Å². The summed E-state index contributed by atoms with van der Waals surface area (Å²) >= 11 is 0. The molecular formula is C22H22N2O7. The van der Waals surface area contributed by atoms with E-state index < -0.39 is 36.0 Å². The van der Waals surface area contributed by atoms with Crippen LogP contribution in [0.5, 0.6) is 0 Å². The van der Waals surface area contributed by atoms with E-state index in [-0.39, 0.29) is 18.9 Å². The van der Waals surface area contributed by atoms with E-state index in [1.54, 1.807) is 0 Å². The molecule has 0 aromatic heterocycles. The van der Waals surface area contributed by atoms with Crippen molar-refractivity contribution >= 4 is 23.9 Å². The maximum absolute atomic E-state index is 11.7. The van der Waals surface area contributed by atoms with Gasteiger partial charge in [-0.3, -0.25) is 19.7 Å². The molecular weight excluding hydrogens is 404 g/mol. The number of aliphatic hydroxyl groups is 1. The van der Waals surface area contributed by atoms with Crippen molar-refractivity contribution in [3.63, 3.8) is 0 Å². The summed E-state index contributed by atoms with van der Waals surface area (Å²) in [6.07, 6.45) is -1.91. The summed E-state index contributed by atoms with van der Waals surface area (Å²) in [4.78, 5) is 42.9. The number of aliphatic hydroxyl groups excluding tert-OH is 1. The Morgan fingerprint density at radius 2 is 1.65 bits per heavy atom. The van der Waals surface area contributed by atoms with Crippen LogP contribution in [0.15, 0.2) is 48.5 Å². The van der Waals surface area contributed by atoms with Gasteiger partial charge in [0.25, 0.3) is 5.91 Å². The van der Waals surface area contributed by atoms with Gasteiger partial charge in [-0.25, -0.2) is 4.79 Å². The molecule has 2 atom stereocenters. The van der Waals surface area contributed by atoms with Crippen LogP contribution in [0.1, 0.15) is 30.4 Å². The van der Waals surface area contributed by atoms with Gasteiger partial charge >= 0.3 is 12.1 Å². The first-order valence-corrected chi connectivity index (χ1v) is 9.64. The summed E-state index contributed by atoms with van der Waals surface area (Å²) in [6.45, 7) is 1.57. The Balaban J connectivity index is 0.000000287. The molecule has 0 radical (unpaired) electrons. The second-order valence-electron chi connectivity index (χ2n) is 7.16. The number of hydrogen-bond acceptors (Lipinski definition) is 6. The van der Waals surface area contributed by atoms with Gasteiger partial charge in [-0.2, -0.15) is 0 Å². The maximum atomic E-state index is 11.7. The number of carboxylic acids is 1. The molecule has 1 unspecified atom stereocenters. The normalized spacial score (nSPS) is 17.5. The van der Waals surface area contributed by atoms with Gasteiger partial charge in [-0.15, -0.1) is 0 Å². The molecule has 0 spiro atoms. The number of nitrogens with one attached hydrogen (secondary N) is 2. The predicted molar refractivity (Wildman–Crippen MR) is 109 cm³/mol. The summed E-state index contributed by atoms with van der Waals surface area (Å²) in [5.74, 6) is -2.12. The molecule has 9 nitrogen and oxygen atoms in total. The minimum Gasteiger partial charge on any atom is -0.480 e. The first-order chi connectivity index (χ1) is 14.8. The van der Waals surface area contributed by atoms with E-state index in [9.17, 15) is 19.2 Å². The van der Waals surface area contributed by atoms with Crippen molar-refractivity contribution in [2.75, 3.05) is 6.61 Å². The summed E-state index contributed by atoms with van der Waals surface area (Å²) in [6, 6.07) is 15.1. The van der Waals surface area contributed by atoms with Crippen molar-refractivity contribution in [2.24, 2.45) is 0 Å². The zero-order valence-corrected chi connectivity index (χ0v) is 16.7. The molecule has 4 N–H and O–H groups in total. The SMILES string of the molecule is C[C@H](NC(=O)OCC1c2ccccc2-c2ccccc21)C(=O)O.O=C1CC(O)C(=O)N1. The van der Waals surface area contributed by atoms with E-state index in [2.05, 4.69) is 17.4 Å². The smallest absolute Gasteiger partial charge is 0.407 e. The highest BCUT2D eigenvalue weighted by molar-refractivity contribution is 6.04. The van der Waals surface area contributed by atoms with Crippen LogP contribution in [0.2, 0.25) is 0 Å². The van der Waals surface area contributed by atoms with E-state index in [1.807, 2.05) is 41.7 Å². The van der Waals surface area contributed by atoms with Crippen LogP contribution in [-0.2, 0) is 19.1 Å². The standard InChI is InChI=1S/C18H17NO4.C4H5NO3/c1-11(17(20)21)19-18(22)23-10-16-14-8-4-2-6-12(14)13-7-3-5-9-15(13)16;6-2-1-3(7)5-4(2)8/h2-9,11,16H,10H2,1H3,(H,19,22)(H,20,21);2,6H,1H2,(H,5,7,8)/t11-;/m0./s1. The topological polar surface area (TPSA) is 142 Å². The number of aliphatic carboxylic acids is 1. The molecule has 2 aliphatic rings. The van der Waals surface area contributed by atoms with Crippen LogP contribution in [0, 0.1) is 0 Å². The lowest BCUT2D eigenvalue weighted by Crippen LogP contribution is -2.39. The molecule has 1 fully saturated rings. The Hall–Kier alpha value is -3.72. The summed E-state index contributed by atoms with van der Waals surface area (Å²) < 4.78 is 5.25. The maximum Gasteiger partial charge on any atom is 0.407 e. The van der Waals surface area contributed by atoms with Crippen molar-refractivity contribution in [1.29, 1.82) is 0 Å². The zero-order valence-electron chi connectivity index (χ0n) is 16.7. The van der Waals surface area contributed by atoms with Crippen LogP contribution in [-0.4, -0.2) is 52.8 Å². The molecule has 4 rings (SSSR count). The second-order valence-corrected chi connectivity index (χ2v) is 7.16. The summed E-state index contributed by atoms with van der Waals surface area (Å²) in [7, 11) is 0. The average Bonchev–Trinajstić information content (AvgIpc) is 3.22. The van der Waals surface area contributed by atoms with E-state index in [0.717, 1.165) is 22.3 Å². The Bertz CT molecular complexity index is 975. The fourth-order valence-electron chi connectivity index (χ4n) is 3.42. The van der Waals surface area contributed by atoms with Crippen molar-refractivity contribution in [3.8, 4) is 11.1 Å². The molecule has 1 aliphatic heterocycles. The highest BCUT2D eigenvalue weighted by atomic mass is 16.5. The van der Waals surface area contributed by atoms with E-state index in [4.69, 9.17) is 14.9 Å². The van der Waals surface area contributed by atoms with Crippen LogP contribution < -0.4 is 10.6 Å². The molecule has 0 saturated carbocycles. The lowest BCUT2D eigenvalue weighted by Gasteiger charge is -2.15. The minimum atomic E-state index is -1.11. The monoisotopic (exact) mass is 426 g/mol. The van der Waals surface area contributed by atoms with Gasteiger partial charge in [0.2, 0.25) is 5.91 Å². The molecule has 1 aliphatic carbocycles. The van der Waals surface area contributed by atoms with Gasteiger partial charge in [-0.05, 0) is 29.2 Å². The Morgan fingerprint density at radius 3 is 2.06 bits per heavy atom. The third kappa shape index (κ3) is 5.07. The third-order valence-corrected chi connectivity index (χ3v) is 4.99. The fraction of sp³-hybridized carbons (Fsp3) is 0.273. The number of carboxylic acid groups (broad SMARTS) is 1. The average molecular weight is 426 g/mol. The number of carbonyl (C=O) groups is 4. The van der Waals surface area contributed by atoms with Crippen molar-refractivity contribution in [1.82, 2.24) is 10.6 Å².